The van der Waals surface area contributed by atoms with Crippen LogP contribution in [0.25, 0.3) is 5.69 Å². The van der Waals surface area contributed by atoms with E-state index in [0.717, 1.165) is 17.7 Å². The third kappa shape index (κ3) is 2.85. The normalized spacial score (nSPS) is 22.3. The molecule has 0 bridgehead atoms. The molecule has 116 valence electrons. The van der Waals surface area contributed by atoms with Gasteiger partial charge in [-0.15, -0.1) is 23.2 Å². The van der Waals surface area contributed by atoms with Gasteiger partial charge in [0.15, 0.2) is 0 Å². The summed E-state index contributed by atoms with van der Waals surface area (Å²) in [4.78, 5) is 12.1. The van der Waals surface area contributed by atoms with Crippen molar-refractivity contribution in [2.75, 3.05) is 6.54 Å². The minimum Gasteiger partial charge on any atom is -0.355 e. The Morgan fingerprint density at radius 1 is 1.36 bits per heavy atom. The van der Waals surface area contributed by atoms with Crippen LogP contribution >= 0.6 is 23.2 Å². The Labute approximate surface area is 139 Å². The second kappa shape index (κ2) is 5.60. The zero-order valence-corrected chi connectivity index (χ0v) is 13.7. The fourth-order valence-electron chi connectivity index (χ4n) is 2.40. The summed E-state index contributed by atoms with van der Waals surface area (Å²) < 4.78 is 0.891. The molecule has 4 nitrogen and oxygen atoms in total. The summed E-state index contributed by atoms with van der Waals surface area (Å²) in [6, 6.07) is 9.98. The van der Waals surface area contributed by atoms with Crippen molar-refractivity contribution in [3.63, 3.8) is 0 Å². The van der Waals surface area contributed by atoms with Gasteiger partial charge in [-0.1, -0.05) is 12.1 Å². The Kier molecular flexibility index (Phi) is 3.91. The summed E-state index contributed by atoms with van der Waals surface area (Å²) in [5, 5.41) is 7.09. The van der Waals surface area contributed by atoms with E-state index in [4.69, 9.17) is 23.2 Å². The quantitative estimate of drug-likeness (QED) is 0.852. The maximum absolute atomic E-state index is 12.1. The number of hydrogen-bond acceptors (Lipinski definition) is 2. The number of carbonyl (C=O) groups is 1. The lowest BCUT2D eigenvalue weighted by Gasteiger charge is -2.12. The van der Waals surface area contributed by atoms with Crippen LogP contribution in [0, 0.1) is 5.41 Å². The number of amides is 1. The Balaban J connectivity index is 1.51. The van der Waals surface area contributed by atoms with Crippen molar-refractivity contribution in [1.29, 1.82) is 0 Å². The van der Waals surface area contributed by atoms with E-state index in [1.807, 2.05) is 36.5 Å². The first-order valence-corrected chi connectivity index (χ1v) is 7.93. The summed E-state index contributed by atoms with van der Waals surface area (Å²) in [5.41, 5.74) is 1.51. The maximum Gasteiger partial charge on any atom is 0.229 e. The van der Waals surface area contributed by atoms with E-state index in [9.17, 15) is 4.79 Å². The SMILES string of the molecule is CC1(C(=O)NCCc2ccc(-n3cccn3)cc2)CC1(Cl)Cl. The second-order valence-electron chi connectivity index (χ2n) is 5.84. The molecule has 2 aromatic rings. The predicted molar refractivity (Wildman–Crippen MR) is 87.4 cm³/mol. The number of alkyl halides is 2. The molecule has 1 unspecified atom stereocenters. The third-order valence-corrected chi connectivity index (χ3v) is 5.26. The molecule has 0 radical (unpaired) electrons. The van der Waals surface area contributed by atoms with Crippen LogP contribution in [0.15, 0.2) is 42.7 Å². The van der Waals surface area contributed by atoms with Gasteiger partial charge >= 0.3 is 0 Å². The van der Waals surface area contributed by atoms with Gasteiger partial charge in [0, 0.05) is 18.9 Å². The number of aromatic nitrogens is 2. The molecule has 0 aliphatic heterocycles. The molecule has 3 rings (SSSR count). The van der Waals surface area contributed by atoms with Crippen molar-refractivity contribution in [3.8, 4) is 5.69 Å². The number of nitrogens with zero attached hydrogens (tertiary/aromatic N) is 2. The number of benzene rings is 1. The molecule has 0 spiro atoms. The van der Waals surface area contributed by atoms with Crippen LogP contribution in [-0.4, -0.2) is 26.6 Å². The first-order valence-electron chi connectivity index (χ1n) is 7.17. The Hall–Kier alpha value is -1.52. The summed E-state index contributed by atoms with van der Waals surface area (Å²) >= 11 is 12.0. The van der Waals surface area contributed by atoms with Gasteiger partial charge in [0.25, 0.3) is 0 Å². The molecule has 0 saturated heterocycles. The molecule has 1 amide bonds. The minimum atomic E-state index is -0.914. The first kappa shape index (κ1) is 15.4. The number of halogens is 2. The topological polar surface area (TPSA) is 46.9 Å². The fraction of sp³-hybridized carbons (Fsp3) is 0.375. The maximum atomic E-state index is 12.1. The summed E-state index contributed by atoms with van der Waals surface area (Å²) in [5.74, 6) is -0.0781. The smallest absolute Gasteiger partial charge is 0.229 e. The molecule has 1 atom stereocenters. The molecule has 1 N–H and O–H groups in total. The molecule has 1 aliphatic rings. The van der Waals surface area contributed by atoms with E-state index in [2.05, 4.69) is 10.4 Å². The zero-order valence-electron chi connectivity index (χ0n) is 12.2. The highest BCUT2D eigenvalue weighted by molar-refractivity contribution is 6.53. The van der Waals surface area contributed by atoms with Gasteiger partial charge in [-0.05, 0) is 43.5 Å². The zero-order chi connectivity index (χ0) is 15.8. The van der Waals surface area contributed by atoms with Gasteiger partial charge in [0.05, 0.1) is 11.1 Å². The number of nitrogens with one attached hydrogen (secondary N) is 1. The number of rotatable bonds is 5. The van der Waals surface area contributed by atoms with Crippen LogP contribution in [0.1, 0.15) is 18.9 Å². The largest absolute Gasteiger partial charge is 0.355 e. The highest BCUT2D eigenvalue weighted by Gasteiger charge is 2.67. The van der Waals surface area contributed by atoms with Crippen molar-refractivity contribution in [2.45, 2.75) is 24.1 Å². The predicted octanol–water partition coefficient (Wildman–Crippen LogP) is 3.11. The van der Waals surface area contributed by atoms with Crippen LogP contribution in [0.5, 0.6) is 0 Å². The molecule has 1 heterocycles. The van der Waals surface area contributed by atoms with Crippen LogP contribution in [0.2, 0.25) is 0 Å². The lowest BCUT2D eigenvalue weighted by atomic mass is 10.1. The highest BCUT2D eigenvalue weighted by atomic mass is 35.5. The molecule has 1 aromatic heterocycles. The van der Waals surface area contributed by atoms with Crippen molar-refractivity contribution in [2.24, 2.45) is 5.41 Å². The van der Waals surface area contributed by atoms with E-state index < -0.39 is 9.75 Å². The average Bonchev–Trinajstić information content (AvgIpc) is 2.87. The van der Waals surface area contributed by atoms with Crippen molar-refractivity contribution < 1.29 is 4.79 Å². The van der Waals surface area contributed by atoms with E-state index in [1.54, 1.807) is 17.8 Å². The Morgan fingerprint density at radius 2 is 2.05 bits per heavy atom. The van der Waals surface area contributed by atoms with Crippen molar-refractivity contribution >= 4 is 29.1 Å². The molecule has 1 fully saturated rings. The van der Waals surface area contributed by atoms with Crippen molar-refractivity contribution in [1.82, 2.24) is 15.1 Å². The summed E-state index contributed by atoms with van der Waals surface area (Å²) in [7, 11) is 0. The van der Waals surface area contributed by atoms with Gasteiger partial charge in [0.2, 0.25) is 5.91 Å². The lowest BCUT2D eigenvalue weighted by molar-refractivity contribution is -0.125. The van der Waals surface area contributed by atoms with Crippen LogP contribution in [-0.2, 0) is 11.2 Å². The molecule has 1 saturated carbocycles. The summed E-state index contributed by atoms with van der Waals surface area (Å²) in [6.07, 6.45) is 4.91. The average molecular weight is 338 g/mol. The molecular weight excluding hydrogens is 321 g/mol. The van der Waals surface area contributed by atoms with Gasteiger partial charge in [-0.25, -0.2) is 4.68 Å². The minimum absolute atomic E-state index is 0.0781. The number of carbonyl (C=O) groups excluding carboxylic acids is 1. The lowest BCUT2D eigenvalue weighted by Crippen LogP contribution is -2.34. The summed E-state index contributed by atoms with van der Waals surface area (Å²) in [6.45, 7) is 2.36. The second-order valence-corrected chi connectivity index (χ2v) is 7.32. The molecule has 22 heavy (non-hydrogen) atoms. The fourth-order valence-corrected chi connectivity index (χ4v) is 3.10. The van der Waals surface area contributed by atoms with Gasteiger partial charge in [-0.2, -0.15) is 5.10 Å². The standard InChI is InChI=1S/C16H17Cl2N3O/c1-15(11-16(15,17)18)14(22)19-9-7-12-3-5-13(6-4-12)21-10-2-8-20-21/h2-6,8,10H,7,9,11H2,1H3,(H,19,22). The molecule has 1 aliphatic carbocycles. The van der Waals surface area contributed by atoms with Crippen LogP contribution < -0.4 is 5.32 Å². The van der Waals surface area contributed by atoms with Crippen molar-refractivity contribution in [3.05, 3.63) is 48.3 Å². The highest BCUT2D eigenvalue weighted by Crippen LogP contribution is 2.63. The van der Waals surface area contributed by atoms with Crippen LogP contribution in [0.4, 0.5) is 0 Å². The van der Waals surface area contributed by atoms with Gasteiger partial charge in [0.1, 0.15) is 4.33 Å². The van der Waals surface area contributed by atoms with Gasteiger partial charge < -0.3 is 5.32 Å². The van der Waals surface area contributed by atoms with E-state index in [0.29, 0.717) is 13.0 Å². The monoisotopic (exact) mass is 337 g/mol. The number of hydrogen-bond donors (Lipinski definition) is 1. The Bertz CT molecular complexity index is 667. The third-order valence-electron chi connectivity index (χ3n) is 4.16. The van der Waals surface area contributed by atoms with Crippen LogP contribution in [0.3, 0.4) is 0 Å². The van der Waals surface area contributed by atoms with Gasteiger partial charge in [-0.3, -0.25) is 4.79 Å². The first-order chi connectivity index (χ1) is 10.4. The molecule has 1 aromatic carbocycles. The van der Waals surface area contributed by atoms with E-state index >= 15 is 0 Å². The molecular formula is C16H17Cl2N3O. The van der Waals surface area contributed by atoms with E-state index in [-0.39, 0.29) is 5.91 Å². The molecule has 6 heteroatoms. The van der Waals surface area contributed by atoms with E-state index in [1.165, 1.54) is 0 Å². The Morgan fingerprint density at radius 3 is 2.59 bits per heavy atom.